The molecule has 0 spiro atoms. The standard InChI is InChI=1S/C13H18N6.3C12H16N6.2C11H14N6.2C10H12N6/c1-19(13-17-11(14)16-12(15)18-13)9-5-8-10-6-3-2-4-7-10;1-18(8-7-9-5-3-2-4-6-9)12-16-10(13)15-11(14)17-12;1-14-11-16-10(13)17-12(18-11)15-8-7-9-5-3-2-4-6-9;13-10-16-11(14)18-12(17-10)15-8-4-7-9-5-2-1-3-6-9;1-17(7-8-5-3-2-4-6-8)11-15-9(12)14-10(13)16-11;1-13-10-15-9(12)16-11(17-10)14-7-8-5-3-2-4-6-8;1-16(7-5-3-2-4-6-7)10-14-8(11)13-9(12)15-10;1-12-9-14-8(11)15-10(16-9)13-7-5-3-2-4-6-7/h2-4,6-7H,5,8-9H2,1H3,(H4,14,15,16,17,18);2-6H,7-8H2,1H3,(H4,13,14,15,16,17);2-6H,7-8H2,1H3,(H4,13,14,15,16,17,18);1-3,5-6H,4,7-8H2,(H5,13,14,15,16,17,18);2-6H,7H2,1H3,(H4,12,13,14,15,16);2-6H,7H2,1H3,(H4,12,13,14,15,16,17);2-6H,1H3,(H4,11,12,13,14,15);2-6H,1H3,(H4,11,12,13,14,15,16). The number of aromatic nitrogens is 24. The fourth-order valence-corrected chi connectivity index (χ4v) is 12.0. The van der Waals surface area contributed by atoms with Crippen LogP contribution in [-0.2, 0) is 38.8 Å². The number of anilines is 26. The summed E-state index contributed by atoms with van der Waals surface area (Å²) in [6.07, 6.45) is 5.82. The molecule has 0 radical (unpaired) electrons. The Morgan fingerprint density at radius 2 is 0.496 bits per heavy atom. The van der Waals surface area contributed by atoms with Crippen molar-refractivity contribution in [2.45, 2.75) is 51.6 Å². The number of likely N-dealkylation sites (N-methyl/N-ethyl adjacent to an activating group) is 1. The second-order valence-electron chi connectivity index (χ2n) is 29.5. The Labute approximate surface area is 804 Å². The third kappa shape index (κ3) is 39.2. The first-order valence-electron chi connectivity index (χ1n) is 43.3. The molecule has 48 heteroatoms. The number of para-hydroxylation sites is 2. The molecule has 139 heavy (non-hydrogen) atoms. The van der Waals surface area contributed by atoms with Crippen molar-refractivity contribution >= 4 is 154 Å². The van der Waals surface area contributed by atoms with Crippen LogP contribution >= 0.6 is 0 Å². The van der Waals surface area contributed by atoms with E-state index in [2.05, 4.69) is 205 Å². The summed E-state index contributed by atoms with van der Waals surface area (Å²) in [5.74, 6) is 6.98. The first-order chi connectivity index (χ1) is 67.2. The van der Waals surface area contributed by atoms with Gasteiger partial charge in [-0.25, -0.2) is 0 Å². The molecular weight excluding hydrogens is 1770 g/mol. The molecule has 33 N–H and O–H groups in total. The number of hydrogen-bond donors (Lipinski definition) is 20. The molecule has 0 aliphatic carbocycles. The van der Waals surface area contributed by atoms with E-state index in [0.29, 0.717) is 78.5 Å². The van der Waals surface area contributed by atoms with E-state index in [9.17, 15) is 0 Å². The molecule has 0 atom stereocenters. The van der Waals surface area contributed by atoms with Crippen LogP contribution in [0.1, 0.15) is 46.2 Å². The van der Waals surface area contributed by atoms with Crippen molar-refractivity contribution in [1.29, 1.82) is 0 Å². The highest BCUT2D eigenvalue weighted by Crippen LogP contribution is 2.22. The van der Waals surface area contributed by atoms with Gasteiger partial charge < -0.3 is 131 Å². The number of nitrogens with two attached hydrogens (primary N) is 13. The van der Waals surface area contributed by atoms with Crippen molar-refractivity contribution in [3.8, 4) is 0 Å². The number of hydrogen-bond acceptors (Lipinski definition) is 48. The number of nitrogens with zero attached hydrogens (tertiary/aromatic N) is 28. The summed E-state index contributed by atoms with van der Waals surface area (Å²) < 4.78 is 0. The van der Waals surface area contributed by atoms with Gasteiger partial charge in [-0.15, -0.1) is 0 Å². The molecule has 0 aliphatic rings. The number of rotatable bonds is 31. The molecule has 0 saturated carbocycles. The van der Waals surface area contributed by atoms with E-state index in [-0.39, 0.29) is 77.3 Å². The quantitative estimate of drug-likeness (QED) is 0.0184. The maximum absolute atomic E-state index is 5.58. The normalized spacial score (nSPS) is 10.1. The summed E-state index contributed by atoms with van der Waals surface area (Å²) in [5, 5.41) is 20.8. The molecule has 16 rings (SSSR count). The van der Waals surface area contributed by atoms with Crippen molar-refractivity contribution < 1.29 is 0 Å². The Morgan fingerprint density at radius 1 is 0.223 bits per heavy atom. The molecular formula is C91H118N48. The highest BCUT2D eigenvalue weighted by Gasteiger charge is 2.15. The average Bonchev–Trinajstić information content (AvgIpc) is 0.828. The largest absolute Gasteiger partial charge is 0.368 e. The first-order valence-corrected chi connectivity index (χ1v) is 43.3. The lowest BCUT2D eigenvalue weighted by Gasteiger charge is -2.17. The molecule has 0 unspecified atom stereocenters. The fourth-order valence-electron chi connectivity index (χ4n) is 12.0. The van der Waals surface area contributed by atoms with Crippen LogP contribution in [0, 0.1) is 0 Å². The molecule has 8 heterocycles. The number of benzene rings is 8. The minimum atomic E-state index is 0.116. The van der Waals surface area contributed by atoms with E-state index in [1.54, 1.807) is 26.0 Å². The van der Waals surface area contributed by atoms with Gasteiger partial charge in [-0.3, -0.25) is 0 Å². The lowest BCUT2D eigenvalue weighted by Crippen LogP contribution is -2.23. The molecule has 0 saturated heterocycles. The van der Waals surface area contributed by atoms with Crippen molar-refractivity contribution in [2.75, 3.05) is 207 Å². The molecule has 16 aromatic rings. The summed E-state index contributed by atoms with van der Waals surface area (Å²) in [5.41, 5.74) is 81.2. The lowest BCUT2D eigenvalue weighted by molar-refractivity contribution is 0.764. The third-order valence-electron chi connectivity index (χ3n) is 18.7. The van der Waals surface area contributed by atoms with E-state index in [1.165, 1.54) is 22.3 Å². The summed E-state index contributed by atoms with van der Waals surface area (Å²) in [6, 6.07) is 80.4. The first kappa shape index (κ1) is 104. The van der Waals surface area contributed by atoms with Gasteiger partial charge in [0, 0.05) is 100.0 Å². The Bertz CT molecular complexity index is 6150. The summed E-state index contributed by atoms with van der Waals surface area (Å²) in [4.78, 5) is 102. The zero-order chi connectivity index (χ0) is 99.5. The van der Waals surface area contributed by atoms with Crippen molar-refractivity contribution in [2.24, 2.45) is 0 Å². The monoisotopic (exact) mass is 1880 g/mol. The maximum Gasteiger partial charge on any atom is 0.236 e. The van der Waals surface area contributed by atoms with Crippen molar-refractivity contribution in [3.05, 3.63) is 276 Å². The Balaban J connectivity index is 0.000000178. The lowest BCUT2D eigenvalue weighted by atomic mass is 10.1. The number of nitrogen functional groups attached to an aromatic ring is 13. The second kappa shape index (κ2) is 56.0. The predicted octanol–water partition coefficient (Wildman–Crippen LogP) is 7.87. The van der Waals surface area contributed by atoms with E-state index < -0.39 is 0 Å². The SMILES string of the molecule is CN(CCCc1ccccc1)c1nc(N)nc(N)n1.CN(CCc1ccccc1)c1nc(N)nc(N)n1.CN(Cc1ccccc1)c1nc(N)nc(N)n1.CN(c1ccccc1)c1nc(N)nc(N)n1.CNc1nc(N)nc(NCCc2ccccc2)n1.CNc1nc(N)nc(NCc2ccccc2)n1.CNc1nc(N)nc(Nc2ccccc2)n1.Nc1nc(N)nc(NCCCc2ccccc2)n1. The van der Waals surface area contributed by atoms with Crippen molar-refractivity contribution in [3.63, 3.8) is 0 Å². The van der Waals surface area contributed by atoms with Crippen molar-refractivity contribution in [1.82, 2.24) is 120 Å². The molecule has 8 aromatic heterocycles. The van der Waals surface area contributed by atoms with Gasteiger partial charge in [-0.05, 0) is 96.2 Å². The van der Waals surface area contributed by atoms with Crippen LogP contribution in [0.2, 0.25) is 0 Å². The molecule has 48 nitrogen and oxygen atoms in total. The van der Waals surface area contributed by atoms with Gasteiger partial charge in [-0.2, -0.15) is 120 Å². The molecule has 8 aromatic carbocycles. The molecule has 0 amide bonds. The van der Waals surface area contributed by atoms with Crippen LogP contribution in [0.5, 0.6) is 0 Å². The van der Waals surface area contributed by atoms with E-state index in [4.69, 9.17) is 74.5 Å². The molecule has 0 bridgehead atoms. The second-order valence-corrected chi connectivity index (χ2v) is 29.5. The predicted molar refractivity (Wildman–Crippen MR) is 555 cm³/mol. The van der Waals surface area contributed by atoms with Gasteiger partial charge >= 0.3 is 0 Å². The van der Waals surface area contributed by atoms with Gasteiger partial charge in [-0.1, -0.05) is 218 Å². The topological polar surface area (TPSA) is 745 Å². The highest BCUT2D eigenvalue weighted by molar-refractivity contribution is 5.58. The molecule has 0 aliphatic heterocycles. The fraction of sp³-hybridized carbons (Fsp3) is 0.209. The molecule has 722 valence electrons. The summed E-state index contributed by atoms with van der Waals surface area (Å²) in [6.45, 7) is 4.45. The average molecular weight is 1880 g/mol. The highest BCUT2D eigenvalue weighted by atomic mass is 15.3. The van der Waals surface area contributed by atoms with Gasteiger partial charge in [0.05, 0.1) is 0 Å². The summed E-state index contributed by atoms with van der Waals surface area (Å²) in [7, 11) is 12.7. The van der Waals surface area contributed by atoms with Gasteiger partial charge in [0.25, 0.3) is 0 Å². The minimum Gasteiger partial charge on any atom is -0.368 e. The minimum absolute atomic E-state index is 0.116. The Morgan fingerprint density at radius 3 is 0.892 bits per heavy atom. The van der Waals surface area contributed by atoms with Crippen LogP contribution < -0.4 is 131 Å². The number of aryl methyl sites for hydroxylation is 2. The third-order valence-corrected chi connectivity index (χ3v) is 18.7. The smallest absolute Gasteiger partial charge is 0.236 e. The van der Waals surface area contributed by atoms with Gasteiger partial charge in [0.1, 0.15) is 0 Å². The van der Waals surface area contributed by atoms with Gasteiger partial charge in [0.2, 0.25) is 143 Å². The van der Waals surface area contributed by atoms with Crippen LogP contribution in [-0.4, -0.2) is 195 Å². The number of nitrogens with one attached hydrogen (secondary N) is 7. The van der Waals surface area contributed by atoms with Crippen LogP contribution in [0.25, 0.3) is 0 Å². The van der Waals surface area contributed by atoms with E-state index in [0.717, 1.165) is 87.2 Å². The Hall–Kier alpha value is -19.0. The Kier molecular flexibility index (Phi) is 41.8. The summed E-state index contributed by atoms with van der Waals surface area (Å²) >= 11 is 0. The maximum atomic E-state index is 5.58. The zero-order valence-corrected chi connectivity index (χ0v) is 78.1. The van der Waals surface area contributed by atoms with Crippen LogP contribution in [0.15, 0.2) is 243 Å². The van der Waals surface area contributed by atoms with E-state index in [1.807, 2.05) is 237 Å². The van der Waals surface area contributed by atoms with Gasteiger partial charge in [0.15, 0.2) is 0 Å². The van der Waals surface area contributed by atoms with Crippen LogP contribution in [0.4, 0.5) is 154 Å². The zero-order valence-electron chi connectivity index (χ0n) is 78.1. The molecule has 0 fully saturated rings. The van der Waals surface area contributed by atoms with E-state index >= 15 is 0 Å². The van der Waals surface area contributed by atoms with Crippen LogP contribution in [0.3, 0.4) is 0 Å².